The normalized spacial score (nSPS) is 11.3. The fourth-order valence-corrected chi connectivity index (χ4v) is 2.14. The van der Waals surface area contributed by atoms with Crippen molar-refractivity contribution in [1.29, 1.82) is 0 Å². The van der Waals surface area contributed by atoms with Crippen molar-refractivity contribution in [2.75, 3.05) is 18.8 Å². The van der Waals surface area contributed by atoms with Crippen molar-refractivity contribution >= 4 is 39.1 Å². The molecule has 19 heavy (non-hydrogen) atoms. The Morgan fingerprint density at radius 2 is 1.89 bits per heavy atom. The molecule has 0 aliphatic carbocycles. The van der Waals surface area contributed by atoms with Gasteiger partial charge in [0.1, 0.15) is 0 Å². The molecule has 5 nitrogen and oxygen atoms in total. The van der Waals surface area contributed by atoms with Gasteiger partial charge in [-0.05, 0) is 25.1 Å². The van der Waals surface area contributed by atoms with Gasteiger partial charge in [-0.1, -0.05) is 23.2 Å². The lowest BCUT2D eigenvalue weighted by atomic mass is 10.2. The average Bonchev–Trinajstić information content (AvgIpc) is 2.37. The topological polar surface area (TPSA) is 75.3 Å². The summed E-state index contributed by atoms with van der Waals surface area (Å²) in [4.78, 5) is 11.7. The number of amides is 1. The molecule has 0 fully saturated rings. The van der Waals surface area contributed by atoms with Gasteiger partial charge in [-0.15, -0.1) is 0 Å². The zero-order valence-electron chi connectivity index (χ0n) is 10.2. The first kappa shape index (κ1) is 16.2. The van der Waals surface area contributed by atoms with Gasteiger partial charge < -0.3 is 5.32 Å². The van der Waals surface area contributed by atoms with Crippen LogP contribution >= 0.6 is 23.2 Å². The summed E-state index contributed by atoms with van der Waals surface area (Å²) in [5.74, 6) is -0.331. The smallest absolute Gasteiger partial charge is 0.251 e. The van der Waals surface area contributed by atoms with Crippen LogP contribution in [-0.4, -0.2) is 33.2 Å². The van der Waals surface area contributed by atoms with E-state index >= 15 is 0 Å². The number of halogens is 2. The molecule has 0 heterocycles. The predicted molar refractivity (Wildman–Crippen MR) is 76.3 cm³/mol. The van der Waals surface area contributed by atoms with Gasteiger partial charge in [0, 0.05) is 18.7 Å². The van der Waals surface area contributed by atoms with E-state index in [9.17, 15) is 13.2 Å². The second kappa shape index (κ2) is 7.09. The highest BCUT2D eigenvalue weighted by molar-refractivity contribution is 7.89. The van der Waals surface area contributed by atoms with E-state index in [1.54, 1.807) is 6.07 Å². The van der Waals surface area contributed by atoms with Gasteiger partial charge in [0.05, 0.1) is 15.8 Å². The summed E-state index contributed by atoms with van der Waals surface area (Å²) in [6, 6.07) is 4.52. The lowest BCUT2D eigenvalue weighted by molar-refractivity contribution is 0.0954. The molecule has 0 unspecified atom stereocenters. The number of hydrogen-bond donors (Lipinski definition) is 2. The number of nitrogens with one attached hydrogen (secondary N) is 2. The highest BCUT2D eigenvalue weighted by Gasteiger charge is 2.08. The minimum Gasteiger partial charge on any atom is -0.351 e. The second-order valence-electron chi connectivity index (χ2n) is 3.68. The van der Waals surface area contributed by atoms with Crippen LogP contribution in [0.15, 0.2) is 18.2 Å². The number of benzene rings is 1. The van der Waals surface area contributed by atoms with Crippen LogP contribution in [-0.2, 0) is 10.0 Å². The fraction of sp³-hybridized carbons (Fsp3) is 0.364. The first-order chi connectivity index (χ1) is 8.85. The second-order valence-corrected chi connectivity index (χ2v) is 6.59. The molecular weight excluding hydrogens is 311 g/mol. The third-order valence-electron chi connectivity index (χ3n) is 2.29. The van der Waals surface area contributed by atoms with E-state index in [2.05, 4.69) is 10.0 Å². The molecule has 0 saturated carbocycles. The molecule has 0 aliphatic rings. The maximum absolute atomic E-state index is 11.7. The molecule has 1 amide bonds. The highest BCUT2D eigenvalue weighted by Crippen LogP contribution is 2.22. The molecular formula is C11H14Cl2N2O3S. The zero-order valence-corrected chi connectivity index (χ0v) is 12.6. The quantitative estimate of drug-likeness (QED) is 0.781. The Morgan fingerprint density at radius 1 is 1.21 bits per heavy atom. The van der Waals surface area contributed by atoms with E-state index in [1.807, 2.05) is 0 Å². The Bertz CT molecular complexity index is 561. The number of carbonyl (C=O) groups excluding carboxylic acids is 1. The monoisotopic (exact) mass is 324 g/mol. The molecule has 1 aromatic carbocycles. The Balaban J connectivity index is 2.46. The van der Waals surface area contributed by atoms with Crippen LogP contribution in [0.3, 0.4) is 0 Å². The Labute approximate surface area is 122 Å². The van der Waals surface area contributed by atoms with Crippen molar-refractivity contribution in [3.05, 3.63) is 33.8 Å². The molecule has 0 saturated heterocycles. The number of carbonyl (C=O) groups is 1. The summed E-state index contributed by atoms with van der Waals surface area (Å²) in [5, 5.41) is 3.24. The van der Waals surface area contributed by atoms with E-state index in [-0.39, 0.29) is 24.7 Å². The summed E-state index contributed by atoms with van der Waals surface area (Å²) < 4.78 is 24.6. The molecule has 1 rings (SSSR count). The average molecular weight is 325 g/mol. The van der Waals surface area contributed by atoms with Crippen LogP contribution < -0.4 is 10.0 Å². The van der Waals surface area contributed by atoms with Crippen LogP contribution in [0.5, 0.6) is 0 Å². The third kappa shape index (κ3) is 5.36. The summed E-state index contributed by atoms with van der Waals surface area (Å²) in [5.41, 5.74) is 0.368. The third-order valence-corrected chi connectivity index (χ3v) is 4.44. The summed E-state index contributed by atoms with van der Waals surface area (Å²) in [6.07, 6.45) is 0. The van der Waals surface area contributed by atoms with Crippen molar-refractivity contribution in [1.82, 2.24) is 10.0 Å². The molecule has 2 N–H and O–H groups in total. The highest BCUT2D eigenvalue weighted by atomic mass is 35.5. The zero-order chi connectivity index (χ0) is 14.5. The minimum absolute atomic E-state index is 0.00768. The van der Waals surface area contributed by atoms with E-state index in [4.69, 9.17) is 23.2 Å². The standard InChI is InChI=1S/C11H14Cl2N2O3S/c1-2-19(17,18)15-6-5-14-11(16)8-3-4-9(12)10(13)7-8/h3-4,7,15H,2,5-6H2,1H3,(H,14,16). The molecule has 8 heteroatoms. The predicted octanol–water partition coefficient (Wildman–Crippen LogP) is 1.66. The lowest BCUT2D eigenvalue weighted by Gasteiger charge is -2.07. The SMILES string of the molecule is CCS(=O)(=O)NCCNC(=O)c1ccc(Cl)c(Cl)c1. The Kier molecular flexibility index (Phi) is 6.06. The number of rotatable bonds is 6. The van der Waals surface area contributed by atoms with Crippen LogP contribution in [0.2, 0.25) is 10.0 Å². The van der Waals surface area contributed by atoms with Crippen molar-refractivity contribution in [2.45, 2.75) is 6.92 Å². The lowest BCUT2D eigenvalue weighted by Crippen LogP contribution is -2.35. The summed E-state index contributed by atoms with van der Waals surface area (Å²) in [6.45, 7) is 1.87. The maximum atomic E-state index is 11.7. The first-order valence-electron chi connectivity index (χ1n) is 5.56. The number of hydrogen-bond acceptors (Lipinski definition) is 3. The summed E-state index contributed by atoms with van der Waals surface area (Å²) in [7, 11) is -3.23. The van der Waals surface area contributed by atoms with Gasteiger partial charge in [0.2, 0.25) is 10.0 Å². The fourth-order valence-electron chi connectivity index (χ4n) is 1.22. The van der Waals surface area contributed by atoms with E-state index in [0.717, 1.165) is 0 Å². The largest absolute Gasteiger partial charge is 0.351 e. The molecule has 0 bridgehead atoms. The van der Waals surface area contributed by atoms with E-state index in [1.165, 1.54) is 19.1 Å². The maximum Gasteiger partial charge on any atom is 0.251 e. The van der Waals surface area contributed by atoms with Crippen LogP contribution in [0.1, 0.15) is 17.3 Å². The number of sulfonamides is 1. The molecule has 0 spiro atoms. The summed E-state index contributed by atoms with van der Waals surface area (Å²) >= 11 is 11.5. The molecule has 0 atom stereocenters. The van der Waals surface area contributed by atoms with E-state index < -0.39 is 10.0 Å². The first-order valence-corrected chi connectivity index (χ1v) is 7.97. The van der Waals surface area contributed by atoms with Crippen molar-refractivity contribution in [2.24, 2.45) is 0 Å². The van der Waals surface area contributed by atoms with E-state index in [0.29, 0.717) is 15.6 Å². The Hall–Kier alpha value is -0.820. The van der Waals surface area contributed by atoms with Crippen LogP contribution in [0.25, 0.3) is 0 Å². The van der Waals surface area contributed by atoms with Crippen LogP contribution in [0.4, 0.5) is 0 Å². The molecule has 106 valence electrons. The van der Waals surface area contributed by atoms with Crippen molar-refractivity contribution in [3.8, 4) is 0 Å². The molecule has 0 aromatic heterocycles. The Morgan fingerprint density at radius 3 is 2.47 bits per heavy atom. The van der Waals surface area contributed by atoms with Gasteiger partial charge in [0.25, 0.3) is 5.91 Å². The molecule has 0 radical (unpaired) electrons. The molecule has 0 aliphatic heterocycles. The van der Waals surface area contributed by atoms with Gasteiger partial charge in [-0.3, -0.25) is 4.79 Å². The van der Waals surface area contributed by atoms with Gasteiger partial charge in [0.15, 0.2) is 0 Å². The van der Waals surface area contributed by atoms with Crippen molar-refractivity contribution in [3.63, 3.8) is 0 Å². The van der Waals surface area contributed by atoms with Gasteiger partial charge >= 0.3 is 0 Å². The van der Waals surface area contributed by atoms with Crippen molar-refractivity contribution < 1.29 is 13.2 Å². The van der Waals surface area contributed by atoms with Crippen LogP contribution in [0, 0.1) is 0 Å². The van der Waals surface area contributed by atoms with Gasteiger partial charge in [-0.25, -0.2) is 13.1 Å². The van der Waals surface area contributed by atoms with Gasteiger partial charge in [-0.2, -0.15) is 0 Å². The molecule has 1 aromatic rings. The minimum atomic E-state index is -3.23.